The molecule has 0 radical (unpaired) electrons. The van der Waals surface area contributed by atoms with Gasteiger partial charge in [0.2, 0.25) is 0 Å². The molecule has 0 aromatic rings. The van der Waals surface area contributed by atoms with Gasteiger partial charge in [-0.05, 0) is 0 Å². The van der Waals surface area contributed by atoms with Crippen LogP contribution in [0.1, 0.15) is 0 Å². The number of hydrogen-bond donors (Lipinski definition) is 1. The van der Waals surface area contributed by atoms with Gasteiger partial charge in [0.05, 0.1) is 13.3 Å². The molecule has 1 fully saturated rings. The van der Waals surface area contributed by atoms with Crippen molar-refractivity contribution in [1.29, 1.82) is 0 Å². The molecule has 44 valence electrons. The van der Waals surface area contributed by atoms with Gasteiger partial charge in [0, 0.05) is 23.6 Å². The van der Waals surface area contributed by atoms with Gasteiger partial charge in [-0.25, -0.2) is 0 Å². The normalized spacial score (nSPS) is 17.1. The second kappa shape index (κ2) is 6.97. The molecule has 2 nitrogen and oxygen atoms in total. The minimum Gasteiger partial charge on any atom is -0.365 e. The van der Waals surface area contributed by atoms with E-state index in [4.69, 9.17) is 4.74 Å². The van der Waals surface area contributed by atoms with Crippen LogP contribution in [0.5, 0.6) is 0 Å². The Bertz CT molecular complexity index is 26.5. The average Bonchev–Trinajstić information content (AvgIpc) is 1.76. The van der Waals surface area contributed by atoms with Gasteiger partial charge in [0.1, 0.15) is 0 Å². The van der Waals surface area contributed by atoms with E-state index in [2.05, 4.69) is 5.32 Å². The first kappa shape index (κ1) is 10.9. The molecule has 0 saturated carbocycles. The number of ether oxygens (including phenoxy) is 1. The number of nitrogens with one attached hydrogen (secondary N) is 1. The molecule has 4 heteroatoms. The first-order valence-electron chi connectivity index (χ1n) is 1.78. The van der Waals surface area contributed by atoms with Crippen LogP contribution in [0.4, 0.5) is 0 Å². The van der Waals surface area contributed by atoms with E-state index < -0.39 is 0 Å². The molecule has 0 unspecified atom stereocenters. The fraction of sp³-hybridized carbons (Fsp3) is 1.00. The van der Waals surface area contributed by atoms with Crippen LogP contribution in [-0.4, -0.2) is 37.2 Å². The molecule has 0 aromatic carbocycles. The summed E-state index contributed by atoms with van der Waals surface area (Å²) >= 11 is 0. The molecule has 0 atom stereocenters. The SMILES string of the molecule is C1COCN1.[AlH3].[Fe]. The monoisotopic (exact) mass is 159 g/mol. The molecule has 0 bridgehead atoms. The van der Waals surface area contributed by atoms with Gasteiger partial charge in [-0.2, -0.15) is 0 Å². The van der Waals surface area contributed by atoms with Crippen molar-refractivity contribution < 1.29 is 21.8 Å². The Kier molecular flexibility index (Phi) is 10.8. The van der Waals surface area contributed by atoms with E-state index in [-0.39, 0.29) is 34.4 Å². The molecule has 1 saturated heterocycles. The third-order valence-electron chi connectivity index (χ3n) is 0.627. The molecule has 1 heterocycles. The number of rotatable bonds is 0. The zero-order chi connectivity index (χ0) is 3.54. The predicted molar refractivity (Wildman–Crippen MR) is 28.8 cm³/mol. The Morgan fingerprint density at radius 2 is 2.14 bits per heavy atom. The maximum atomic E-state index is 4.83. The minimum absolute atomic E-state index is 0. The molecule has 0 spiro atoms. The first-order valence-corrected chi connectivity index (χ1v) is 1.78. The Balaban J connectivity index is 0. The van der Waals surface area contributed by atoms with Gasteiger partial charge in [0.15, 0.2) is 17.4 Å². The van der Waals surface area contributed by atoms with Crippen LogP contribution < -0.4 is 5.32 Å². The molecule has 0 aromatic heterocycles. The molecule has 1 N–H and O–H groups in total. The molecule has 7 heavy (non-hydrogen) atoms. The van der Waals surface area contributed by atoms with Gasteiger partial charge in [-0.3, -0.25) is 5.32 Å². The van der Waals surface area contributed by atoms with E-state index in [1.165, 1.54) is 0 Å². The zero-order valence-corrected chi connectivity index (χ0v) is 4.49. The summed E-state index contributed by atoms with van der Waals surface area (Å²) in [6.45, 7) is 2.67. The van der Waals surface area contributed by atoms with E-state index in [9.17, 15) is 0 Å². The summed E-state index contributed by atoms with van der Waals surface area (Å²) in [6, 6.07) is 0. The van der Waals surface area contributed by atoms with Gasteiger partial charge in [-0.1, -0.05) is 0 Å². The smallest absolute Gasteiger partial charge is 0.187 e. The topological polar surface area (TPSA) is 21.3 Å². The third kappa shape index (κ3) is 4.83. The van der Waals surface area contributed by atoms with Gasteiger partial charge in [0.25, 0.3) is 0 Å². The standard InChI is InChI=1S/C3H7NO.Al.Fe.3H/c1-2-5-3-4-1;;;;;/h4H,1-3H2;;;;;. The molecular weight excluding hydrogens is 149 g/mol. The van der Waals surface area contributed by atoms with E-state index in [0.717, 1.165) is 19.9 Å². The minimum atomic E-state index is 0. The second-order valence-electron chi connectivity index (χ2n) is 1.05. The first-order chi connectivity index (χ1) is 2.50. The van der Waals surface area contributed by atoms with Crippen molar-refractivity contribution in [3.63, 3.8) is 0 Å². The summed E-state index contributed by atoms with van der Waals surface area (Å²) < 4.78 is 4.83. The Hall–Kier alpha value is 0.972. The summed E-state index contributed by atoms with van der Waals surface area (Å²) in [6.07, 6.45) is 0. The summed E-state index contributed by atoms with van der Waals surface area (Å²) in [5, 5.41) is 3.00. The van der Waals surface area contributed by atoms with Crippen LogP contribution in [0, 0.1) is 0 Å². The summed E-state index contributed by atoms with van der Waals surface area (Å²) in [4.78, 5) is 0. The largest absolute Gasteiger partial charge is 0.365 e. The maximum absolute atomic E-state index is 4.83. The van der Waals surface area contributed by atoms with Crippen LogP contribution in [0.2, 0.25) is 0 Å². The van der Waals surface area contributed by atoms with Crippen molar-refractivity contribution in [1.82, 2.24) is 5.32 Å². The van der Waals surface area contributed by atoms with Crippen molar-refractivity contribution in [3.05, 3.63) is 0 Å². The van der Waals surface area contributed by atoms with Crippen LogP contribution in [0.3, 0.4) is 0 Å². The van der Waals surface area contributed by atoms with E-state index >= 15 is 0 Å². The molecule has 0 aliphatic carbocycles. The Morgan fingerprint density at radius 1 is 1.43 bits per heavy atom. The summed E-state index contributed by atoms with van der Waals surface area (Å²) in [5.41, 5.74) is 0. The van der Waals surface area contributed by atoms with Crippen molar-refractivity contribution in [2.45, 2.75) is 0 Å². The average molecular weight is 159 g/mol. The van der Waals surface area contributed by atoms with Crippen molar-refractivity contribution in [2.24, 2.45) is 0 Å². The molecule has 1 aliphatic rings. The zero-order valence-electron chi connectivity index (χ0n) is 3.38. The number of hydrogen-bond acceptors (Lipinski definition) is 2. The second-order valence-corrected chi connectivity index (χ2v) is 1.05. The van der Waals surface area contributed by atoms with Crippen LogP contribution in [-0.2, 0) is 21.8 Å². The predicted octanol–water partition coefficient (Wildman–Crippen LogP) is -1.62. The van der Waals surface area contributed by atoms with E-state index in [1.807, 2.05) is 0 Å². The van der Waals surface area contributed by atoms with Crippen molar-refractivity contribution in [2.75, 3.05) is 19.9 Å². The van der Waals surface area contributed by atoms with Crippen LogP contribution in [0.25, 0.3) is 0 Å². The fourth-order valence-corrected chi connectivity index (χ4v) is 0.361. The van der Waals surface area contributed by atoms with E-state index in [1.54, 1.807) is 0 Å². The third-order valence-corrected chi connectivity index (χ3v) is 0.627. The molecule has 1 aliphatic heterocycles. The van der Waals surface area contributed by atoms with Crippen LogP contribution in [0.15, 0.2) is 0 Å². The quantitative estimate of drug-likeness (QED) is 0.429. The van der Waals surface area contributed by atoms with E-state index in [0.29, 0.717) is 0 Å². The Morgan fingerprint density at radius 3 is 2.29 bits per heavy atom. The fourth-order valence-electron chi connectivity index (χ4n) is 0.361. The summed E-state index contributed by atoms with van der Waals surface area (Å²) in [5.74, 6) is 0. The Labute approximate surface area is 64.6 Å². The molecular formula is C3H10AlFeNO. The molecule has 0 amide bonds. The maximum Gasteiger partial charge on any atom is 0.187 e. The van der Waals surface area contributed by atoms with Crippen molar-refractivity contribution >= 4 is 17.4 Å². The van der Waals surface area contributed by atoms with Crippen LogP contribution >= 0.6 is 0 Å². The van der Waals surface area contributed by atoms with Gasteiger partial charge < -0.3 is 4.74 Å². The van der Waals surface area contributed by atoms with Crippen molar-refractivity contribution in [3.8, 4) is 0 Å². The van der Waals surface area contributed by atoms with Gasteiger partial charge >= 0.3 is 0 Å². The molecule has 1 rings (SSSR count). The van der Waals surface area contributed by atoms with Gasteiger partial charge in [-0.15, -0.1) is 0 Å². The summed E-state index contributed by atoms with van der Waals surface area (Å²) in [7, 11) is 0.